The number of aromatic nitrogens is 3. The molecule has 0 spiro atoms. The number of para-hydroxylation sites is 1. The van der Waals surface area contributed by atoms with Crippen LogP contribution in [0.25, 0.3) is 5.69 Å². The quantitative estimate of drug-likeness (QED) is 0.742. The van der Waals surface area contributed by atoms with E-state index in [9.17, 15) is 4.79 Å². The van der Waals surface area contributed by atoms with Gasteiger partial charge in [0.25, 0.3) is 0 Å². The van der Waals surface area contributed by atoms with E-state index in [1.807, 2.05) is 55.8 Å². The molecule has 0 unspecified atom stereocenters. The highest BCUT2D eigenvalue weighted by atomic mass is 32.1. The van der Waals surface area contributed by atoms with Gasteiger partial charge >= 0.3 is 6.03 Å². The highest BCUT2D eigenvalue weighted by Gasteiger charge is 2.29. The lowest BCUT2D eigenvalue weighted by Crippen LogP contribution is -2.45. The molecule has 2 heterocycles. The highest BCUT2D eigenvalue weighted by Crippen LogP contribution is 2.26. The van der Waals surface area contributed by atoms with Crippen molar-refractivity contribution in [2.45, 2.75) is 25.8 Å². The van der Waals surface area contributed by atoms with Gasteiger partial charge in [0.15, 0.2) is 5.82 Å². The summed E-state index contributed by atoms with van der Waals surface area (Å²) in [5, 5.41) is 12.9. The zero-order chi connectivity index (χ0) is 17.0. The van der Waals surface area contributed by atoms with E-state index in [1.54, 1.807) is 16.9 Å². The van der Waals surface area contributed by atoms with Crippen molar-refractivity contribution in [3.63, 3.8) is 0 Å². The fourth-order valence-corrected chi connectivity index (χ4v) is 3.13. The number of carbonyl (C=O) groups excluding carboxylic acids is 1. The molecule has 0 saturated carbocycles. The third kappa shape index (κ3) is 3.46. The summed E-state index contributed by atoms with van der Waals surface area (Å²) in [7, 11) is 0. The van der Waals surface area contributed by atoms with Gasteiger partial charge in [-0.3, -0.25) is 5.32 Å². The van der Waals surface area contributed by atoms with E-state index in [4.69, 9.17) is 0 Å². The first-order valence-electron chi connectivity index (χ1n) is 7.71. The topological polar surface area (TPSA) is 71.8 Å². The van der Waals surface area contributed by atoms with Gasteiger partial charge in [-0.2, -0.15) is 0 Å². The summed E-state index contributed by atoms with van der Waals surface area (Å²) in [4.78, 5) is 16.7. The summed E-state index contributed by atoms with van der Waals surface area (Å²) in [6, 6.07) is 11.2. The first kappa shape index (κ1) is 16.2. The Kier molecular flexibility index (Phi) is 4.61. The molecule has 0 aliphatic heterocycles. The maximum atomic E-state index is 12.3. The van der Waals surface area contributed by atoms with E-state index in [-0.39, 0.29) is 6.03 Å². The summed E-state index contributed by atoms with van der Waals surface area (Å²) in [5.41, 5.74) is 0.437. The first-order chi connectivity index (χ1) is 11.6. The Labute approximate surface area is 144 Å². The smallest absolute Gasteiger partial charge is 0.321 e. The SMILES string of the molecule is CC[C@](C)(NC(=O)Nc1ccn(-c2ccccc2)n1)c1nccs1. The second kappa shape index (κ2) is 6.84. The fraction of sp³-hybridized carbons (Fsp3) is 0.235. The number of carbonyl (C=O) groups is 1. The van der Waals surface area contributed by atoms with E-state index in [1.165, 1.54) is 11.3 Å². The molecule has 3 rings (SSSR count). The summed E-state index contributed by atoms with van der Waals surface area (Å²) >= 11 is 1.53. The Hall–Kier alpha value is -2.67. The average Bonchev–Trinajstić information content (AvgIpc) is 3.27. The van der Waals surface area contributed by atoms with Crippen molar-refractivity contribution >= 4 is 23.2 Å². The van der Waals surface area contributed by atoms with Gasteiger partial charge in [0.2, 0.25) is 0 Å². The van der Waals surface area contributed by atoms with Crippen LogP contribution < -0.4 is 10.6 Å². The molecule has 0 aliphatic carbocycles. The standard InChI is InChI=1S/C17H19N5OS/c1-3-17(2,15-18-10-12-24-15)20-16(23)19-14-9-11-22(21-14)13-7-5-4-6-8-13/h4-12H,3H2,1-2H3,(H2,19,20,21,23)/t17-/m0/s1. The van der Waals surface area contributed by atoms with Gasteiger partial charge in [-0.1, -0.05) is 25.1 Å². The Morgan fingerprint density at radius 2 is 2.08 bits per heavy atom. The summed E-state index contributed by atoms with van der Waals surface area (Å²) in [5.74, 6) is 0.494. The second-order valence-electron chi connectivity index (χ2n) is 5.58. The minimum absolute atomic E-state index is 0.298. The van der Waals surface area contributed by atoms with Crippen molar-refractivity contribution in [1.29, 1.82) is 0 Å². The maximum Gasteiger partial charge on any atom is 0.321 e. The molecule has 124 valence electrons. The van der Waals surface area contributed by atoms with Crippen molar-refractivity contribution in [2.75, 3.05) is 5.32 Å². The number of thiazole rings is 1. The predicted octanol–water partition coefficient (Wildman–Crippen LogP) is 3.78. The predicted molar refractivity (Wildman–Crippen MR) is 95.5 cm³/mol. The van der Waals surface area contributed by atoms with Crippen LogP contribution in [0.2, 0.25) is 0 Å². The maximum absolute atomic E-state index is 12.3. The zero-order valence-corrected chi connectivity index (χ0v) is 14.4. The van der Waals surface area contributed by atoms with Crippen LogP contribution in [0, 0.1) is 0 Å². The number of anilines is 1. The van der Waals surface area contributed by atoms with Gasteiger partial charge in [-0.25, -0.2) is 14.5 Å². The van der Waals surface area contributed by atoms with E-state index >= 15 is 0 Å². The van der Waals surface area contributed by atoms with Crippen LogP contribution in [0.1, 0.15) is 25.3 Å². The lowest BCUT2D eigenvalue weighted by atomic mass is 10.0. The molecule has 0 aliphatic rings. The minimum atomic E-state index is -0.500. The molecule has 3 aromatic rings. The van der Waals surface area contributed by atoms with Crippen LogP contribution in [0.4, 0.5) is 10.6 Å². The number of urea groups is 1. The van der Waals surface area contributed by atoms with Crippen LogP contribution in [0.3, 0.4) is 0 Å². The molecule has 2 aromatic heterocycles. The molecule has 2 N–H and O–H groups in total. The molecular weight excluding hydrogens is 322 g/mol. The molecule has 0 radical (unpaired) electrons. The molecule has 24 heavy (non-hydrogen) atoms. The van der Waals surface area contributed by atoms with E-state index < -0.39 is 5.54 Å². The second-order valence-corrected chi connectivity index (χ2v) is 6.48. The molecule has 7 heteroatoms. The third-order valence-corrected chi connectivity index (χ3v) is 4.89. The Balaban J connectivity index is 1.68. The van der Waals surface area contributed by atoms with Gasteiger partial charge in [-0.15, -0.1) is 16.4 Å². The molecule has 1 aromatic carbocycles. The van der Waals surface area contributed by atoms with Crippen molar-refractivity contribution in [1.82, 2.24) is 20.1 Å². The van der Waals surface area contributed by atoms with Gasteiger partial charge < -0.3 is 5.32 Å². The monoisotopic (exact) mass is 341 g/mol. The van der Waals surface area contributed by atoms with Crippen molar-refractivity contribution < 1.29 is 4.79 Å². The Bertz CT molecular complexity index is 800. The fourth-order valence-electron chi connectivity index (χ4n) is 2.30. The van der Waals surface area contributed by atoms with Gasteiger partial charge in [0.05, 0.1) is 11.2 Å². The lowest BCUT2D eigenvalue weighted by Gasteiger charge is -2.27. The molecule has 2 amide bonds. The Morgan fingerprint density at radius 3 is 2.75 bits per heavy atom. The molecule has 0 fully saturated rings. The minimum Gasteiger partial charge on any atom is -0.326 e. The lowest BCUT2D eigenvalue weighted by molar-refractivity contribution is 0.237. The molecule has 0 bridgehead atoms. The normalized spacial score (nSPS) is 13.2. The molecule has 1 atom stereocenters. The van der Waals surface area contributed by atoms with Gasteiger partial charge in [0, 0.05) is 23.8 Å². The highest BCUT2D eigenvalue weighted by molar-refractivity contribution is 7.09. The number of hydrogen-bond donors (Lipinski definition) is 2. The van der Waals surface area contributed by atoms with E-state index in [0.717, 1.165) is 17.1 Å². The van der Waals surface area contributed by atoms with Gasteiger partial charge in [0.1, 0.15) is 5.01 Å². The third-order valence-electron chi connectivity index (χ3n) is 3.85. The van der Waals surface area contributed by atoms with Crippen LogP contribution in [0.15, 0.2) is 54.2 Å². The average molecular weight is 341 g/mol. The van der Waals surface area contributed by atoms with Gasteiger partial charge in [-0.05, 0) is 25.5 Å². The number of amides is 2. The van der Waals surface area contributed by atoms with E-state index in [2.05, 4.69) is 20.7 Å². The van der Waals surface area contributed by atoms with Crippen molar-refractivity contribution in [3.8, 4) is 5.69 Å². The molecule has 6 nitrogen and oxygen atoms in total. The van der Waals surface area contributed by atoms with Crippen LogP contribution in [-0.2, 0) is 5.54 Å². The van der Waals surface area contributed by atoms with Crippen LogP contribution >= 0.6 is 11.3 Å². The summed E-state index contributed by atoms with van der Waals surface area (Å²) in [6.07, 6.45) is 4.30. The first-order valence-corrected chi connectivity index (χ1v) is 8.59. The largest absolute Gasteiger partial charge is 0.326 e. The number of nitrogens with zero attached hydrogens (tertiary/aromatic N) is 3. The summed E-state index contributed by atoms with van der Waals surface area (Å²) < 4.78 is 1.72. The molecular formula is C17H19N5OS. The number of hydrogen-bond acceptors (Lipinski definition) is 4. The zero-order valence-electron chi connectivity index (χ0n) is 13.6. The molecule has 0 saturated heterocycles. The van der Waals surface area contributed by atoms with Crippen LogP contribution in [-0.4, -0.2) is 20.8 Å². The van der Waals surface area contributed by atoms with Crippen molar-refractivity contribution in [3.05, 3.63) is 59.2 Å². The van der Waals surface area contributed by atoms with Crippen LogP contribution in [0.5, 0.6) is 0 Å². The number of rotatable bonds is 5. The number of nitrogens with one attached hydrogen (secondary N) is 2. The van der Waals surface area contributed by atoms with E-state index in [0.29, 0.717) is 5.82 Å². The number of benzene rings is 1. The van der Waals surface area contributed by atoms with Crippen molar-refractivity contribution in [2.24, 2.45) is 0 Å². The summed E-state index contributed by atoms with van der Waals surface area (Å²) in [6.45, 7) is 3.99. The Morgan fingerprint density at radius 1 is 1.29 bits per heavy atom.